The van der Waals surface area contributed by atoms with Crippen molar-refractivity contribution in [2.75, 3.05) is 39.5 Å². The summed E-state index contributed by atoms with van der Waals surface area (Å²) in [7, 11) is 3.84. The van der Waals surface area contributed by atoms with Gasteiger partial charge in [-0.25, -0.2) is 9.97 Å². The number of carbonyl (C=O) groups excluding carboxylic acids is 1. The fourth-order valence-electron chi connectivity index (χ4n) is 3.09. The first-order chi connectivity index (χ1) is 11.0. The Morgan fingerprint density at radius 3 is 2.78 bits per heavy atom. The van der Waals surface area contributed by atoms with E-state index in [2.05, 4.69) is 27.6 Å². The number of nitrogens with zero attached hydrogens (tertiary/aromatic N) is 5. The first-order valence-electron chi connectivity index (χ1n) is 7.67. The van der Waals surface area contributed by atoms with Gasteiger partial charge in [-0.1, -0.05) is 0 Å². The van der Waals surface area contributed by atoms with Gasteiger partial charge in [0.25, 0.3) is 0 Å². The van der Waals surface area contributed by atoms with Gasteiger partial charge in [0, 0.05) is 31.4 Å². The van der Waals surface area contributed by atoms with E-state index >= 15 is 0 Å². The van der Waals surface area contributed by atoms with E-state index < -0.39 is 0 Å². The number of halogens is 1. The van der Waals surface area contributed by atoms with Gasteiger partial charge < -0.3 is 15.5 Å². The fraction of sp³-hybridized carbons (Fsp3) is 0.533. The van der Waals surface area contributed by atoms with Crippen molar-refractivity contribution < 1.29 is 4.79 Å². The number of likely N-dealkylation sites (tertiary alicyclic amines) is 1. The lowest BCUT2D eigenvalue weighted by Crippen LogP contribution is -2.42. The Morgan fingerprint density at radius 1 is 1.43 bits per heavy atom. The SMILES string of the molecule is CN(C)CC(=O)N1CCC(c2nc(I)c3c(N)nccn23)CC1. The number of carbonyl (C=O) groups is 1. The molecule has 0 spiro atoms. The maximum atomic E-state index is 12.2. The molecule has 0 saturated carbocycles. The summed E-state index contributed by atoms with van der Waals surface area (Å²) >= 11 is 2.21. The van der Waals surface area contributed by atoms with E-state index in [1.54, 1.807) is 6.20 Å². The average Bonchev–Trinajstić information content (AvgIpc) is 2.85. The number of likely N-dealkylation sites (N-methyl/N-ethyl adjacent to an activating group) is 1. The van der Waals surface area contributed by atoms with Crippen LogP contribution in [0.15, 0.2) is 12.4 Å². The highest BCUT2D eigenvalue weighted by Crippen LogP contribution is 2.30. The number of hydrogen-bond donors (Lipinski definition) is 1. The Hall–Kier alpha value is -1.42. The number of fused-ring (bicyclic) bond motifs is 1. The van der Waals surface area contributed by atoms with Crippen molar-refractivity contribution in [1.29, 1.82) is 0 Å². The molecule has 0 bridgehead atoms. The van der Waals surface area contributed by atoms with E-state index in [4.69, 9.17) is 10.7 Å². The van der Waals surface area contributed by atoms with Crippen LogP contribution in [0.5, 0.6) is 0 Å². The van der Waals surface area contributed by atoms with Crippen LogP contribution < -0.4 is 5.73 Å². The van der Waals surface area contributed by atoms with Gasteiger partial charge in [0.1, 0.15) is 15.0 Å². The molecule has 2 aromatic heterocycles. The predicted molar refractivity (Wildman–Crippen MR) is 97.2 cm³/mol. The van der Waals surface area contributed by atoms with Crippen molar-refractivity contribution in [3.63, 3.8) is 0 Å². The second kappa shape index (κ2) is 6.60. The second-order valence-corrected chi connectivity index (χ2v) is 7.21. The number of rotatable bonds is 3. The Labute approximate surface area is 149 Å². The molecule has 0 aromatic carbocycles. The van der Waals surface area contributed by atoms with E-state index in [1.807, 2.05) is 34.5 Å². The highest BCUT2D eigenvalue weighted by molar-refractivity contribution is 14.1. The van der Waals surface area contributed by atoms with Crippen LogP contribution >= 0.6 is 22.6 Å². The lowest BCUT2D eigenvalue weighted by Gasteiger charge is -2.32. The number of nitrogen functional groups attached to an aromatic ring is 1. The highest BCUT2D eigenvalue weighted by atomic mass is 127. The average molecular weight is 428 g/mol. The van der Waals surface area contributed by atoms with Gasteiger partial charge in [-0.3, -0.25) is 9.20 Å². The molecule has 1 aliphatic heterocycles. The standard InChI is InChI=1S/C15H21IN6O/c1-20(2)9-11(23)21-6-3-10(4-7-21)15-19-13(16)12-14(17)18-5-8-22(12)15/h5,8,10H,3-4,6-7,9H2,1-2H3,(H2,17,18). The molecule has 3 rings (SSSR count). The number of imidazole rings is 1. The predicted octanol–water partition coefficient (Wildman–Crippen LogP) is 1.18. The van der Waals surface area contributed by atoms with Gasteiger partial charge in [0.15, 0.2) is 5.82 Å². The number of anilines is 1. The van der Waals surface area contributed by atoms with E-state index in [1.165, 1.54) is 0 Å². The van der Waals surface area contributed by atoms with Gasteiger partial charge in [-0.15, -0.1) is 0 Å². The zero-order valence-electron chi connectivity index (χ0n) is 13.4. The number of piperidine rings is 1. The normalized spacial score (nSPS) is 16.4. The lowest BCUT2D eigenvalue weighted by molar-refractivity contribution is -0.132. The van der Waals surface area contributed by atoms with E-state index in [9.17, 15) is 4.79 Å². The van der Waals surface area contributed by atoms with Crippen molar-refractivity contribution in [2.45, 2.75) is 18.8 Å². The van der Waals surface area contributed by atoms with E-state index in [0.29, 0.717) is 18.3 Å². The lowest BCUT2D eigenvalue weighted by atomic mass is 9.96. The topological polar surface area (TPSA) is 79.8 Å². The molecule has 2 N–H and O–H groups in total. The Morgan fingerprint density at radius 2 is 2.13 bits per heavy atom. The molecule has 2 aromatic rings. The molecule has 124 valence electrons. The summed E-state index contributed by atoms with van der Waals surface area (Å²) in [5.41, 5.74) is 6.86. The molecule has 1 aliphatic rings. The van der Waals surface area contributed by atoms with Crippen LogP contribution in [0.1, 0.15) is 24.6 Å². The molecule has 1 amide bonds. The third-order valence-electron chi connectivity index (χ3n) is 4.23. The van der Waals surface area contributed by atoms with Crippen molar-refractivity contribution in [3.8, 4) is 0 Å². The van der Waals surface area contributed by atoms with Gasteiger partial charge in [0.2, 0.25) is 5.91 Å². The first kappa shape index (κ1) is 16.4. The summed E-state index contributed by atoms with van der Waals surface area (Å²) in [4.78, 5) is 24.9. The Bertz CT molecular complexity index is 720. The van der Waals surface area contributed by atoms with Crippen LogP contribution in [0.25, 0.3) is 5.52 Å². The smallest absolute Gasteiger partial charge is 0.236 e. The minimum absolute atomic E-state index is 0.199. The monoisotopic (exact) mass is 428 g/mol. The molecule has 8 heteroatoms. The summed E-state index contributed by atoms with van der Waals surface area (Å²) in [5.74, 6) is 2.08. The third-order valence-corrected chi connectivity index (χ3v) is 4.98. The molecule has 0 atom stereocenters. The molecular formula is C15H21IN6O. The minimum Gasteiger partial charge on any atom is -0.382 e. The van der Waals surface area contributed by atoms with Crippen molar-refractivity contribution in [3.05, 3.63) is 21.9 Å². The summed E-state index contributed by atoms with van der Waals surface area (Å²) in [6.07, 6.45) is 5.48. The van der Waals surface area contributed by atoms with Crippen molar-refractivity contribution in [1.82, 2.24) is 24.2 Å². The number of amides is 1. The van der Waals surface area contributed by atoms with E-state index in [0.717, 1.165) is 41.0 Å². The Balaban J connectivity index is 1.76. The molecule has 1 fully saturated rings. The van der Waals surface area contributed by atoms with Gasteiger partial charge >= 0.3 is 0 Å². The largest absolute Gasteiger partial charge is 0.382 e. The van der Waals surface area contributed by atoms with Crippen LogP contribution in [-0.4, -0.2) is 63.8 Å². The molecule has 0 unspecified atom stereocenters. The summed E-state index contributed by atoms with van der Waals surface area (Å²) in [6, 6.07) is 0. The molecule has 3 heterocycles. The summed E-state index contributed by atoms with van der Waals surface area (Å²) in [5, 5.41) is 0. The van der Waals surface area contributed by atoms with Gasteiger partial charge in [-0.2, -0.15) is 0 Å². The fourth-order valence-corrected chi connectivity index (χ4v) is 3.87. The number of hydrogen-bond acceptors (Lipinski definition) is 5. The van der Waals surface area contributed by atoms with Crippen LogP contribution in [0.4, 0.5) is 5.82 Å². The molecule has 0 aliphatic carbocycles. The van der Waals surface area contributed by atoms with Crippen LogP contribution in [0, 0.1) is 3.70 Å². The molecule has 23 heavy (non-hydrogen) atoms. The molecule has 1 saturated heterocycles. The minimum atomic E-state index is 0.199. The Kier molecular flexibility index (Phi) is 4.72. The number of aromatic nitrogens is 3. The van der Waals surface area contributed by atoms with Crippen LogP contribution in [-0.2, 0) is 4.79 Å². The number of nitrogens with two attached hydrogens (primary N) is 1. The zero-order chi connectivity index (χ0) is 16.6. The van der Waals surface area contributed by atoms with E-state index in [-0.39, 0.29) is 5.91 Å². The summed E-state index contributed by atoms with van der Waals surface area (Å²) < 4.78 is 2.93. The highest BCUT2D eigenvalue weighted by Gasteiger charge is 2.27. The zero-order valence-corrected chi connectivity index (χ0v) is 15.5. The molecule has 7 nitrogen and oxygen atoms in total. The second-order valence-electron chi connectivity index (χ2n) is 6.18. The molecular weight excluding hydrogens is 407 g/mol. The van der Waals surface area contributed by atoms with Gasteiger partial charge in [0.05, 0.1) is 6.54 Å². The first-order valence-corrected chi connectivity index (χ1v) is 8.75. The van der Waals surface area contributed by atoms with Crippen LogP contribution in [0.2, 0.25) is 0 Å². The maximum Gasteiger partial charge on any atom is 0.236 e. The molecule has 0 radical (unpaired) electrons. The van der Waals surface area contributed by atoms with Crippen LogP contribution in [0.3, 0.4) is 0 Å². The van der Waals surface area contributed by atoms with Crippen molar-refractivity contribution >= 4 is 39.8 Å². The maximum absolute atomic E-state index is 12.2. The third kappa shape index (κ3) is 3.27. The summed E-state index contributed by atoms with van der Waals surface area (Å²) in [6.45, 7) is 2.03. The van der Waals surface area contributed by atoms with Crippen molar-refractivity contribution in [2.24, 2.45) is 0 Å². The quantitative estimate of drug-likeness (QED) is 0.744. The van der Waals surface area contributed by atoms with Gasteiger partial charge in [-0.05, 0) is 49.5 Å².